The summed E-state index contributed by atoms with van der Waals surface area (Å²) in [6.07, 6.45) is 1.21. The van der Waals surface area contributed by atoms with Crippen molar-refractivity contribution in [1.82, 2.24) is 9.66 Å². The van der Waals surface area contributed by atoms with E-state index >= 15 is 0 Å². The number of rotatable bonds is 10. The molecule has 0 saturated heterocycles. The van der Waals surface area contributed by atoms with E-state index in [1.165, 1.54) is 18.3 Å². The van der Waals surface area contributed by atoms with Gasteiger partial charge in [0, 0.05) is 21.7 Å². The number of nitro groups is 1. The third-order valence-electron chi connectivity index (χ3n) is 6.19. The molecule has 4 rings (SSSR count). The van der Waals surface area contributed by atoms with Crippen LogP contribution in [-0.4, -0.2) is 45.1 Å². The van der Waals surface area contributed by atoms with Crippen LogP contribution < -0.4 is 15.0 Å². The van der Waals surface area contributed by atoms with E-state index in [9.17, 15) is 19.7 Å². The molecule has 1 N–H and O–H groups in total. The third kappa shape index (κ3) is 6.27. The monoisotopic (exact) mass is 622 g/mol. The lowest BCUT2D eigenvalue weighted by Gasteiger charge is -2.18. The highest BCUT2D eigenvalue weighted by Gasteiger charge is 2.22. The third-order valence-corrected chi connectivity index (χ3v) is 6.64. The number of halogens is 1. The predicted molar refractivity (Wildman–Crippen MR) is 158 cm³/mol. The number of carboxylic acid groups (broad SMARTS) is 1. The number of aliphatic carboxylic acids is 1. The fourth-order valence-electron chi connectivity index (χ4n) is 4.32. The molecule has 0 saturated carbocycles. The van der Waals surface area contributed by atoms with E-state index in [0.717, 1.165) is 21.6 Å². The average Bonchev–Trinajstić information content (AvgIpc) is 2.91. The van der Waals surface area contributed by atoms with E-state index in [1.54, 1.807) is 24.3 Å². The molecule has 0 radical (unpaired) electrons. The molecule has 41 heavy (non-hydrogen) atoms. The first kappa shape index (κ1) is 29.4. The maximum absolute atomic E-state index is 13.7. The van der Waals surface area contributed by atoms with Crippen molar-refractivity contribution in [2.24, 2.45) is 5.10 Å². The summed E-state index contributed by atoms with van der Waals surface area (Å²) in [5, 5.41) is 25.6. The molecule has 0 amide bonds. The Bertz CT molecular complexity index is 1750. The van der Waals surface area contributed by atoms with Crippen LogP contribution in [0.1, 0.15) is 43.4 Å². The normalized spacial score (nSPS) is 11.4. The largest absolute Gasteiger partial charge is 0.494 e. The molecule has 3 aromatic carbocycles. The number of hydrogen-bond donors (Lipinski definition) is 1. The minimum absolute atomic E-state index is 0.0876. The number of aromatic nitrogens is 2. The number of para-hydroxylation sites is 1. The van der Waals surface area contributed by atoms with Gasteiger partial charge in [-0.3, -0.25) is 14.9 Å². The van der Waals surface area contributed by atoms with Crippen LogP contribution in [0.5, 0.6) is 11.5 Å². The minimum atomic E-state index is -1.31. The van der Waals surface area contributed by atoms with Gasteiger partial charge in [-0.05, 0) is 61.2 Å². The zero-order chi connectivity index (χ0) is 29.8. The van der Waals surface area contributed by atoms with Crippen LogP contribution in [0.4, 0.5) is 5.69 Å². The maximum Gasteiger partial charge on any atom is 0.341 e. The van der Waals surface area contributed by atoms with Crippen LogP contribution in [0.15, 0.2) is 62.9 Å². The second-order valence-corrected chi connectivity index (χ2v) is 10.3. The van der Waals surface area contributed by atoms with Gasteiger partial charge in [0.1, 0.15) is 5.75 Å². The van der Waals surface area contributed by atoms with Crippen LogP contribution in [0, 0.1) is 17.0 Å². The van der Waals surface area contributed by atoms with Crippen molar-refractivity contribution in [1.29, 1.82) is 0 Å². The molecular weight excluding hydrogens is 596 g/mol. The van der Waals surface area contributed by atoms with Gasteiger partial charge in [-0.2, -0.15) is 9.78 Å². The summed E-state index contributed by atoms with van der Waals surface area (Å²) >= 11 is 3.24. The molecule has 0 aliphatic heterocycles. The SMILES string of the molecule is CCOc1cc(C)c(-c2nc3ccccc3c(=O)n2N=Cc2cc(Br)cc([N+](=O)[O-])c2OCC(=O)O)cc1C(C)C. The molecule has 0 atom stereocenters. The van der Waals surface area contributed by atoms with E-state index < -0.39 is 28.7 Å². The van der Waals surface area contributed by atoms with Crippen molar-refractivity contribution < 1.29 is 24.3 Å². The first-order valence-electron chi connectivity index (χ1n) is 12.7. The first-order valence-corrected chi connectivity index (χ1v) is 13.5. The number of fused-ring (bicyclic) bond motifs is 1. The van der Waals surface area contributed by atoms with Gasteiger partial charge < -0.3 is 14.6 Å². The van der Waals surface area contributed by atoms with E-state index in [-0.39, 0.29) is 23.1 Å². The highest BCUT2D eigenvalue weighted by molar-refractivity contribution is 9.10. The van der Waals surface area contributed by atoms with Crippen LogP contribution in [0.2, 0.25) is 0 Å². The Morgan fingerprint density at radius 3 is 2.61 bits per heavy atom. The van der Waals surface area contributed by atoms with Crippen molar-refractivity contribution in [3.05, 3.63) is 90.2 Å². The topological polar surface area (TPSA) is 146 Å². The van der Waals surface area contributed by atoms with Crippen molar-refractivity contribution in [2.75, 3.05) is 13.2 Å². The Labute approximate surface area is 243 Å². The highest BCUT2D eigenvalue weighted by atomic mass is 79.9. The van der Waals surface area contributed by atoms with Crippen LogP contribution in [-0.2, 0) is 4.79 Å². The summed E-state index contributed by atoms with van der Waals surface area (Å²) in [5.41, 5.74) is 2.02. The first-order chi connectivity index (χ1) is 19.5. The van der Waals surface area contributed by atoms with Crippen LogP contribution in [0.25, 0.3) is 22.3 Å². The summed E-state index contributed by atoms with van der Waals surface area (Å²) in [6, 6.07) is 13.4. The second kappa shape index (κ2) is 12.3. The smallest absolute Gasteiger partial charge is 0.341 e. The van der Waals surface area contributed by atoms with E-state index in [4.69, 9.17) is 19.6 Å². The lowest BCUT2D eigenvalue weighted by Crippen LogP contribution is -2.21. The average molecular weight is 623 g/mol. The Morgan fingerprint density at radius 2 is 1.95 bits per heavy atom. The van der Waals surface area contributed by atoms with E-state index in [2.05, 4.69) is 21.0 Å². The molecule has 4 aromatic rings. The number of benzene rings is 3. The molecule has 1 heterocycles. The maximum atomic E-state index is 13.7. The fourth-order valence-corrected chi connectivity index (χ4v) is 4.78. The minimum Gasteiger partial charge on any atom is -0.494 e. The molecule has 0 aliphatic carbocycles. The highest BCUT2D eigenvalue weighted by Crippen LogP contribution is 2.36. The Morgan fingerprint density at radius 1 is 1.22 bits per heavy atom. The number of carbonyl (C=O) groups is 1. The van der Waals surface area contributed by atoms with Gasteiger partial charge in [0.2, 0.25) is 5.75 Å². The quantitative estimate of drug-likeness (QED) is 0.130. The summed E-state index contributed by atoms with van der Waals surface area (Å²) in [6.45, 7) is 7.55. The Kier molecular flexibility index (Phi) is 8.82. The van der Waals surface area contributed by atoms with Crippen molar-refractivity contribution in [2.45, 2.75) is 33.6 Å². The number of hydrogen-bond acceptors (Lipinski definition) is 8. The van der Waals surface area contributed by atoms with E-state index in [0.29, 0.717) is 27.5 Å². The van der Waals surface area contributed by atoms with Gasteiger partial charge >= 0.3 is 11.7 Å². The van der Waals surface area contributed by atoms with Crippen molar-refractivity contribution >= 4 is 44.7 Å². The van der Waals surface area contributed by atoms with Gasteiger partial charge in [0.05, 0.1) is 28.6 Å². The molecule has 0 spiro atoms. The zero-order valence-electron chi connectivity index (χ0n) is 22.8. The summed E-state index contributed by atoms with van der Waals surface area (Å²) in [7, 11) is 0. The Hall–Kier alpha value is -4.58. The molecular formula is C29H27BrN4O7. The zero-order valence-corrected chi connectivity index (χ0v) is 24.3. The standard InChI is InChI=1S/C29H27BrN4O7/c1-5-40-25-10-17(4)22(13-21(25)16(2)3)28-32-23-9-7-6-8-20(23)29(37)33(28)31-14-18-11-19(30)12-24(34(38)39)27(18)41-15-26(35)36/h6-14,16H,5,15H2,1-4H3,(H,35,36). The summed E-state index contributed by atoms with van der Waals surface area (Å²) in [5.74, 6) is -0.508. The van der Waals surface area contributed by atoms with Crippen molar-refractivity contribution in [3.8, 4) is 22.9 Å². The van der Waals surface area contributed by atoms with Crippen LogP contribution in [0.3, 0.4) is 0 Å². The molecule has 12 heteroatoms. The fraction of sp³-hybridized carbons (Fsp3) is 0.241. The lowest BCUT2D eigenvalue weighted by atomic mass is 9.96. The lowest BCUT2D eigenvalue weighted by molar-refractivity contribution is -0.385. The van der Waals surface area contributed by atoms with Gasteiger partial charge in [0.25, 0.3) is 5.56 Å². The summed E-state index contributed by atoms with van der Waals surface area (Å²) in [4.78, 5) is 40.7. The van der Waals surface area contributed by atoms with Gasteiger partial charge in [-0.1, -0.05) is 41.9 Å². The van der Waals surface area contributed by atoms with Gasteiger partial charge in [0.15, 0.2) is 12.4 Å². The van der Waals surface area contributed by atoms with E-state index in [1.807, 2.05) is 39.8 Å². The second-order valence-electron chi connectivity index (χ2n) is 9.39. The molecule has 0 aliphatic rings. The number of carboxylic acids is 1. The number of nitro benzene ring substituents is 1. The van der Waals surface area contributed by atoms with Crippen LogP contribution >= 0.6 is 15.9 Å². The number of aryl methyl sites for hydroxylation is 1. The molecule has 1 aromatic heterocycles. The number of nitrogens with zero attached hydrogens (tertiary/aromatic N) is 4. The van der Waals surface area contributed by atoms with Crippen molar-refractivity contribution in [3.63, 3.8) is 0 Å². The molecule has 0 unspecified atom stereocenters. The number of ether oxygens (including phenoxy) is 2. The molecule has 0 bridgehead atoms. The molecule has 212 valence electrons. The molecule has 11 nitrogen and oxygen atoms in total. The molecule has 0 fully saturated rings. The Balaban J connectivity index is 1.99. The predicted octanol–water partition coefficient (Wildman–Crippen LogP) is 5.91. The van der Waals surface area contributed by atoms with Gasteiger partial charge in [-0.15, -0.1) is 0 Å². The van der Waals surface area contributed by atoms with Gasteiger partial charge in [-0.25, -0.2) is 9.78 Å². The summed E-state index contributed by atoms with van der Waals surface area (Å²) < 4.78 is 12.6.